The molecule has 1 N–H and O–H groups in total. The number of aromatic nitrogens is 2. The molecule has 2 amide bonds. The van der Waals surface area contributed by atoms with Crippen molar-refractivity contribution in [3.8, 4) is 0 Å². The molecular weight excluding hydrogens is 374 g/mol. The molecule has 1 aromatic heterocycles. The van der Waals surface area contributed by atoms with E-state index in [1.807, 2.05) is 30.3 Å². The number of carbonyl (C=O) groups excluding carboxylic acids is 2. The third-order valence-electron chi connectivity index (χ3n) is 5.74. The van der Waals surface area contributed by atoms with E-state index in [9.17, 15) is 19.2 Å². The molecule has 3 heterocycles. The third-order valence-corrected chi connectivity index (χ3v) is 5.74. The number of amides is 2. The van der Waals surface area contributed by atoms with Gasteiger partial charge in [0.15, 0.2) is 0 Å². The van der Waals surface area contributed by atoms with Crippen molar-refractivity contribution in [2.45, 2.75) is 12.3 Å². The number of nitrogens with one attached hydrogen (secondary N) is 1. The maximum Gasteiger partial charge on any atom is 0.332 e. The lowest BCUT2D eigenvalue weighted by atomic mass is 9.98. The van der Waals surface area contributed by atoms with Crippen molar-refractivity contribution in [1.29, 1.82) is 0 Å². The van der Waals surface area contributed by atoms with Crippen molar-refractivity contribution >= 4 is 23.3 Å². The Labute approximate surface area is 167 Å². The number of nitrogens with zero attached hydrogens (tertiary/aromatic N) is 4. The minimum absolute atomic E-state index is 0.0857. The fourth-order valence-electron chi connectivity index (χ4n) is 4.02. The third kappa shape index (κ3) is 3.22. The molecule has 4 rings (SSSR count). The van der Waals surface area contributed by atoms with Crippen molar-refractivity contribution in [3.05, 3.63) is 56.7 Å². The molecule has 2 aliphatic heterocycles. The van der Waals surface area contributed by atoms with Crippen molar-refractivity contribution in [2.24, 2.45) is 14.1 Å². The normalized spacial score (nSPS) is 18.6. The molecule has 0 aliphatic carbocycles. The minimum atomic E-state index is -0.879. The predicted molar refractivity (Wildman–Crippen MR) is 108 cm³/mol. The van der Waals surface area contributed by atoms with E-state index in [0.29, 0.717) is 26.2 Å². The number of rotatable bonds is 3. The van der Waals surface area contributed by atoms with Gasteiger partial charge in [0, 0.05) is 52.4 Å². The molecule has 0 radical (unpaired) electrons. The van der Waals surface area contributed by atoms with Gasteiger partial charge in [-0.1, -0.05) is 18.2 Å². The highest BCUT2D eigenvalue weighted by atomic mass is 16.2. The predicted octanol–water partition coefficient (Wildman–Crippen LogP) is -0.141. The van der Waals surface area contributed by atoms with Crippen LogP contribution in [0.5, 0.6) is 0 Å². The average Bonchev–Trinajstić information content (AvgIpc) is 3.07. The summed E-state index contributed by atoms with van der Waals surface area (Å²) in [7, 11) is 2.86. The number of fused-ring (bicyclic) bond motifs is 1. The van der Waals surface area contributed by atoms with Crippen LogP contribution >= 0.6 is 0 Å². The van der Waals surface area contributed by atoms with Crippen LogP contribution in [0.1, 0.15) is 17.9 Å². The number of para-hydroxylation sites is 1. The number of carbonyl (C=O) groups is 2. The summed E-state index contributed by atoms with van der Waals surface area (Å²) < 4.78 is 2.20. The van der Waals surface area contributed by atoms with Crippen LogP contribution in [0.25, 0.3) is 0 Å². The Morgan fingerprint density at radius 3 is 2.31 bits per heavy atom. The van der Waals surface area contributed by atoms with E-state index in [-0.39, 0.29) is 23.7 Å². The van der Waals surface area contributed by atoms with Gasteiger partial charge in [-0.3, -0.25) is 23.5 Å². The van der Waals surface area contributed by atoms with Crippen LogP contribution in [0, 0.1) is 0 Å². The molecular formula is C20H23N5O4. The lowest BCUT2D eigenvalue weighted by Gasteiger charge is -2.36. The molecule has 0 bridgehead atoms. The molecule has 29 heavy (non-hydrogen) atoms. The highest BCUT2D eigenvalue weighted by Gasteiger charge is 2.38. The lowest BCUT2D eigenvalue weighted by Crippen LogP contribution is -2.49. The number of hydrogen-bond acceptors (Lipinski definition) is 5. The summed E-state index contributed by atoms with van der Waals surface area (Å²) in [6.45, 7) is 2.53. The van der Waals surface area contributed by atoms with Gasteiger partial charge in [-0.25, -0.2) is 4.79 Å². The zero-order valence-corrected chi connectivity index (χ0v) is 16.4. The van der Waals surface area contributed by atoms with Gasteiger partial charge in [-0.15, -0.1) is 0 Å². The largest absolute Gasteiger partial charge is 0.368 e. The molecule has 1 atom stereocenters. The van der Waals surface area contributed by atoms with Crippen molar-refractivity contribution < 1.29 is 9.59 Å². The fraction of sp³-hybridized carbons (Fsp3) is 0.400. The molecule has 0 saturated carbocycles. The summed E-state index contributed by atoms with van der Waals surface area (Å²) in [6, 6.07) is 10.0. The van der Waals surface area contributed by atoms with Crippen LogP contribution in [-0.2, 0) is 23.7 Å². The SMILES string of the molecule is Cn1c2c(c(=O)n(C)c1=O)[C@@H](CC(=O)N1CCN(c3ccccc3)CC1)C(=O)N2. The summed E-state index contributed by atoms with van der Waals surface area (Å²) in [5.74, 6) is -1.28. The smallest absolute Gasteiger partial charge is 0.332 e. The fourth-order valence-corrected chi connectivity index (χ4v) is 4.02. The average molecular weight is 397 g/mol. The van der Waals surface area contributed by atoms with E-state index in [1.165, 1.54) is 18.7 Å². The zero-order chi connectivity index (χ0) is 20.7. The van der Waals surface area contributed by atoms with Crippen LogP contribution in [0.4, 0.5) is 11.5 Å². The second-order valence-corrected chi connectivity index (χ2v) is 7.42. The van der Waals surface area contributed by atoms with E-state index in [4.69, 9.17) is 0 Å². The first-order chi connectivity index (χ1) is 13.9. The molecule has 1 saturated heterocycles. The lowest BCUT2D eigenvalue weighted by molar-refractivity contribution is -0.133. The van der Waals surface area contributed by atoms with E-state index in [1.54, 1.807) is 4.90 Å². The van der Waals surface area contributed by atoms with Crippen molar-refractivity contribution in [2.75, 3.05) is 36.4 Å². The topological polar surface area (TPSA) is 96.7 Å². The highest BCUT2D eigenvalue weighted by molar-refractivity contribution is 6.04. The molecule has 9 nitrogen and oxygen atoms in total. The van der Waals surface area contributed by atoms with E-state index < -0.39 is 23.1 Å². The van der Waals surface area contributed by atoms with Crippen LogP contribution in [-0.4, -0.2) is 52.0 Å². The number of benzene rings is 1. The summed E-state index contributed by atoms with van der Waals surface area (Å²) in [6.07, 6.45) is -0.0857. The van der Waals surface area contributed by atoms with Gasteiger partial charge in [0.25, 0.3) is 5.56 Å². The second-order valence-electron chi connectivity index (χ2n) is 7.42. The highest BCUT2D eigenvalue weighted by Crippen LogP contribution is 2.31. The van der Waals surface area contributed by atoms with Crippen LogP contribution < -0.4 is 21.5 Å². The van der Waals surface area contributed by atoms with Crippen LogP contribution in [0.15, 0.2) is 39.9 Å². The maximum atomic E-state index is 12.9. The first kappa shape index (κ1) is 19.0. The molecule has 152 valence electrons. The minimum Gasteiger partial charge on any atom is -0.368 e. The van der Waals surface area contributed by atoms with Gasteiger partial charge >= 0.3 is 5.69 Å². The quantitative estimate of drug-likeness (QED) is 0.778. The Bertz CT molecular complexity index is 1080. The van der Waals surface area contributed by atoms with E-state index >= 15 is 0 Å². The maximum absolute atomic E-state index is 12.9. The number of hydrogen-bond donors (Lipinski definition) is 1. The monoisotopic (exact) mass is 397 g/mol. The summed E-state index contributed by atoms with van der Waals surface area (Å²) in [4.78, 5) is 53.9. The van der Waals surface area contributed by atoms with Crippen LogP contribution in [0.3, 0.4) is 0 Å². The van der Waals surface area contributed by atoms with Crippen molar-refractivity contribution in [1.82, 2.24) is 14.0 Å². The van der Waals surface area contributed by atoms with Gasteiger partial charge < -0.3 is 15.1 Å². The molecule has 2 aromatic rings. The van der Waals surface area contributed by atoms with Crippen molar-refractivity contribution in [3.63, 3.8) is 0 Å². The molecule has 1 aromatic carbocycles. The van der Waals surface area contributed by atoms with E-state index in [0.717, 1.165) is 10.3 Å². The summed E-state index contributed by atoms with van der Waals surface area (Å²) >= 11 is 0. The first-order valence-corrected chi connectivity index (χ1v) is 9.57. The van der Waals surface area contributed by atoms with Gasteiger partial charge in [0.2, 0.25) is 11.8 Å². The summed E-state index contributed by atoms with van der Waals surface area (Å²) in [5, 5.41) is 2.59. The Hall–Kier alpha value is -3.36. The second kappa shape index (κ2) is 7.23. The molecule has 1 fully saturated rings. The van der Waals surface area contributed by atoms with Crippen LogP contribution in [0.2, 0.25) is 0 Å². The van der Waals surface area contributed by atoms with Gasteiger partial charge in [0.05, 0.1) is 11.5 Å². The van der Waals surface area contributed by atoms with Gasteiger partial charge in [-0.05, 0) is 12.1 Å². The molecule has 0 unspecified atom stereocenters. The summed E-state index contributed by atoms with van der Waals surface area (Å²) in [5.41, 5.74) is 0.259. The Morgan fingerprint density at radius 1 is 1.00 bits per heavy atom. The Kier molecular flexibility index (Phi) is 4.73. The van der Waals surface area contributed by atoms with Gasteiger partial charge in [-0.2, -0.15) is 0 Å². The molecule has 0 spiro atoms. The Balaban J connectivity index is 1.49. The molecule has 2 aliphatic rings. The zero-order valence-electron chi connectivity index (χ0n) is 16.4. The standard InChI is InChI=1S/C20H23N5O4/c1-22-17-16(19(28)23(2)20(22)29)14(18(27)21-17)12-15(26)25-10-8-24(9-11-25)13-6-4-3-5-7-13/h3-7,14H,8-12H2,1-2H3,(H,21,27)/t14-/m1/s1. The van der Waals surface area contributed by atoms with Gasteiger partial charge in [0.1, 0.15) is 5.82 Å². The number of piperazine rings is 1. The number of anilines is 2. The van der Waals surface area contributed by atoms with E-state index in [2.05, 4.69) is 10.2 Å². The Morgan fingerprint density at radius 2 is 1.66 bits per heavy atom. The molecule has 9 heteroatoms. The first-order valence-electron chi connectivity index (χ1n) is 9.57.